The lowest BCUT2D eigenvalue weighted by Gasteiger charge is -2.29. The molecule has 1 saturated heterocycles. The predicted molar refractivity (Wildman–Crippen MR) is 202 cm³/mol. The standard InChI is InChI=1S/C39H65N7O4/c1-7-20-43(25-26-45(9-3)38(49)50-39(4,5)6)31-35-14-10-12-33(27-35)29-42(8-2)30-34-13-11-15-36(28-34)32-44-21-16-40-18-23-46(37(47)48)24-19-41-17-22-44/h10-15,27-28,40-41H,7-9,16-26,29-32H2,1-6H3,(H,47,48). The first-order chi connectivity index (χ1) is 24.0. The molecule has 0 bridgehead atoms. The Balaban J connectivity index is 1.56. The van der Waals surface area contributed by atoms with Crippen LogP contribution in [-0.4, -0.2) is 132 Å². The maximum Gasteiger partial charge on any atom is 0.410 e. The fourth-order valence-electron chi connectivity index (χ4n) is 6.24. The van der Waals surface area contributed by atoms with Crippen molar-refractivity contribution >= 4 is 12.2 Å². The van der Waals surface area contributed by atoms with Gasteiger partial charge in [0.1, 0.15) is 5.60 Å². The highest BCUT2D eigenvalue weighted by molar-refractivity contribution is 5.68. The molecule has 0 aliphatic carbocycles. The third-order valence-corrected chi connectivity index (χ3v) is 8.91. The summed E-state index contributed by atoms with van der Waals surface area (Å²) in [6.07, 6.45) is -0.0469. The summed E-state index contributed by atoms with van der Waals surface area (Å²) >= 11 is 0. The first kappa shape index (κ1) is 41.2. The molecule has 0 aromatic heterocycles. The third-order valence-electron chi connectivity index (χ3n) is 8.91. The van der Waals surface area contributed by atoms with Gasteiger partial charge in [0.2, 0.25) is 0 Å². The van der Waals surface area contributed by atoms with Crippen LogP contribution in [0.25, 0.3) is 0 Å². The molecule has 1 fully saturated rings. The van der Waals surface area contributed by atoms with Crippen LogP contribution in [0.15, 0.2) is 48.5 Å². The molecule has 2 aromatic carbocycles. The molecule has 3 N–H and O–H groups in total. The lowest BCUT2D eigenvalue weighted by Crippen LogP contribution is -2.44. The van der Waals surface area contributed by atoms with Gasteiger partial charge >= 0.3 is 12.2 Å². The number of hydrogen-bond donors (Lipinski definition) is 3. The van der Waals surface area contributed by atoms with Gasteiger partial charge in [0.05, 0.1) is 0 Å². The number of carboxylic acid groups (broad SMARTS) is 1. The molecular weight excluding hydrogens is 630 g/mol. The zero-order valence-electron chi connectivity index (χ0n) is 31.8. The Bertz CT molecular complexity index is 1270. The Kier molecular flexibility index (Phi) is 18.0. The molecule has 0 atom stereocenters. The summed E-state index contributed by atoms with van der Waals surface area (Å²) in [4.78, 5) is 34.8. The Labute approximate surface area is 301 Å². The monoisotopic (exact) mass is 696 g/mol. The van der Waals surface area contributed by atoms with E-state index in [1.165, 1.54) is 27.2 Å². The highest BCUT2D eigenvalue weighted by atomic mass is 16.6. The molecule has 1 aliphatic rings. The molecule has 2 aromatic rings. The lowest BCUT2D eigenvalue weighted by atomic mass is 10.1. The maximum absolute atomic E-state index is 12.7. The molecule has 3 rings (SSSR count). The molecule has 11 nitrogen and oxygen atoms in total. The van der Waals surface area contributed by atoms with Crippen LogP contribution in [0.5, 0.6) is 0 Å². The molecule has 0 radical (unpaired) electrons. The summed E-state index contributed by atoms with van der Waals surface area (Å²) in [5.74, 6) is 0. The van der Waals surface area contributed by atoms with E-state index in [0.717, 1.165) is 78.4 Å². The number of likely N-dealkylation sites (N-methyl/N-ethyl adjacent to an activating group) is 1. The van der Waals surface area contributed by atoms with Crippen molar-refractivity contribution in [3.05, 3.63) is 70.8 Å². The second-order valence-electron chi connectivity index (χ2n) is 14.3. The molecule has 50 heavy (non-hydrogen) atoms. The van der Waals surface area contributed by atoms with Crippen molar-refractivity contribution < 1.29 is 19.4 Å². The minimum absolute atomic E-state index is 0.246. The van der Waals surface area contributed by atoms with Crippen molar-refractivity contribution in [2.45, 2.75) is 79.7 Å². The predicted octanol–water partition coefficient (Wildman–Crippen LogP) is 5.15. The van der Waals surface area contributed by atoms with E-state index < -0.39 is 11.7 Å². The molecule has 0 spiro atoms. The van der Waals surface area contributed by atoms with E-state index in [-0.39, 0.29) is 6.09 Å². The van der Waals surface area contributed by atoms with E-state index in [0.29, 0.717) is 39.3 Å². The maximum atomic E-state index is 12.7. The highest BCUT2D eigenvalue weighted by Crippen LogP contribution is 2.16. The number of carbonyl (C=O) groups is 2. The minimum atomic E-state index is -0.856. The normalized spacial score (nSPS) is 15.5. The van der Waals surface area contributed by atoms with Gasteiger partial charge in [0, 0.05) is 98.2 Å². The van der Waals surface area contributed by atoms with Crippen LogP contribution in [0, 0.1) is 0 Å². The third kappa shape index (κ3) is 15.8. The fraction of sp³-hybridized carbons (Fsp3) is 0.641. The Morgan fingerprint density at radius 3 is 1.76 bits per heavy atom. The van der Waals surface area contributed by atoms with E-state index in [1.807, 2.05) is 27.7 Å². The number of nitrogens with zero attached hydrogens (tertiary/aromatic N) is 5. The van der Waals surface area contributed by atoms with E-state index in [9.17, 15) is 14.7 Å². The van der Waals surface area contributed by atoms with Crippen LogP contribution in [0.1, 0.15) is 70.2 Å². The summed E-state index contributed by atoms with van der Waals surface area (Å²) in [6, 6.07) is 17.9. The van der Waals surface area contributed by atoms with Crippen LogP contribution in [0.4, 0.5) is 9.59 Å². The van der Waals surface area contributed by atoms with Crippen LogP contribution in [0.2, 0.25) is 0 Å². The van der Waals surface area contributed by atoms with E-state index in [1.54, 1.807) is 4.90 Å². The first-order valence-corrected chi connectivity index (χ1v) is 18.7. The van der Waals surface area contributed by atoms with E-state index in [4.69, 9.17) is 4.74 Å². The van der Waals surface area contributed by atoms with Gasteiger partial charge < -0.3 is 30.3 Å². The molecule has 2 amide bonds. The molecule has 1 aliphatic heterocycles. The number of hydrogen-bond acceptors (Lipinski definition) is 8. The second-order valence-corrected chi connectivity index (χ2v) is 14.3. The smallest absolute Gasteiger partial charge is 0.410 e. The van der Waals surface area contributed by atoms with E-state index in [2.05, 4.69) is 87.7 Å². The summed E-state index contributed by atoms with van der Waals surface area (Å²) in [5, 5.41) is 16.2. The Morgan fingerprint density at radius 2 is 1.26 bits per heavy atom. The highest BCUT2D eigenvalue weighted by Gasteiger charge is 2.22. The number of nitrogens with one attached hydrogen (secondary N) is 2. The molecule has 280 valence electrons. The molecule has 0 unspecified atom stereocenters. The van der Waals surface area contributed by atoms with Gasteiger partial charge in [-0.05, 0) is 69.5 Å². The summed E-state index contributed by atoms with van der Waals surface area (Å²) in [5.41, 5.74) is 4.74. The number of rotatable bonds is 15. The average molecular weight is 696 g/mol. The van der Waals surface area contributed by atoms with Crippen LogP contribution < -0.4 is 10.6 Å². The quantitative estimate of drug-likeness (QED) is 0.234. The lowest BCUT2D eigenvalue weighted by molar-refractivity contribution is 0.0241. The minimum Gasteiger partial charge on any atom is -0.465 e. The molecule has 1 heterocycles. The van der Waals surface area contributed by atoms with Crippen molar-refractivity contribution in [1.82, 2.24) is 35.1 Å². The van der Waals surface area contributed by atoms with Gasteiger partial charge in [0.25, 0.3) is 0 Å². The van der Waals surface area contributed by atoms with Crippen molar-refractivity contribution in [2.75, 3.05) is 85.1 Å². The van der Waals surface area contributed by atoms with Gasteiger partial charge in [-0.3, -0.25) is 14.7 Å². The topological polar surface area (TPSA) is 104 Å². The zero-order valence-corrected chi connectivity index (χ0v) is 31.8. The van der Waals surface area contributed by atoms with Crippen molar-refractivity contribution in [3.8, 4) is 0 Å². The van der Waals surface area contributed by atoms with Crippen molar-refractivity contribution in [2.24, 2.45) is 0 Å². The van der Waals surface area contributed by atoms with Crippen molar-refractivity contribution in [3.63, 3.8) is 0 Å². The second kappa shape index (κ2) is 21.9. The van der Waals surface area contributed by atoms with Gasteiger partial charge in [-0.2, -0.15) is 0 Å². The molecule has 0 saturated carbocycles. The molecule has 11 heteroatoms. The van der Waals surface area contributed by atoms with E-state index >= 15 is 0 Å². The molecular formula is C39H65N7O4. The number of amides is 2. The number of benzene rings is 2. The SMILES string of the molecule is CCCN(CCN(CC)C(=O)OC(C)(C)C)Cc1cccc(CN(CC)Cc2cccc(CN3CCNCCN(C(=O)O)CCNCC3)c2)c1. The zero-order chi connectivity index (χ0) is 36.4. The summed E-state index contributed by atoms with van der Waals surface area (Å²) in [7, 11) is 0. The van der Waals surface area contributed by atoms with Gasteiger partial charge in [0.15, 0.2) is 0 Å². The number of ether oxygens (including phenoxy) is 1. The van der Waals surface area contributed by atoms with Crippen LogP contribution >= 0.6 is 0 Å². The van der Waals surface area contributed by atoms with Crippen molar-refractivity contribution in [1.29, 1.82) is 0 Å². The summed E-state index contributed by atoms with van der Waals surface area (Å²) < 4.78 is 5.62. The Hall–Kier alpha value is -3.22. The van der Waals surface area contributed by atoms with Crippen LogP contribution in [0.3, 0.4) is 0 Å². The fourth-order valence-corrected chi connectivity index (χ4v) is 6.24. The first-order valence-electron chi connectivity index (χ1n) is 18.7. The number of carbonyl (C=O) groups excluding carboxylic acids is 1. The van der Waals surface area contributed by atoms with Gasteiger partial charge in [-0.15, -0.1) is 0 Å². The van der Waals surface area contributed by atoms with Crippen LogP contribution in [-0.2, 0) is 30.9 Å². The average Bonchev–Trinajstić information content (AvgIpc) is 3.05. The Morgan fingerprint density at radius 1 is 0.740 bits per heavy atom. The largest absolute Gasteiger partial charge is 0.465 e. The van der Waals surface area contributed by atoms with Gasteiger partial charge in [-0.25, -0.2) is 9.59 Å². The van der Waals surface area contributed by atoms with Gasteiger partial charge in [-0.1, -0.05) is 62.4 Å². The summed E-state index contributed by atoms with van der Waals surface area (Å²) in [6.45, 7) is 25.5.